The van der Waals surface area contributed by atoms with Crippen LogP contribution in [0.1, 0.15) is 43.4 Å². The molecule has 4 rings (SSSR count). The molecular weight excluding hydrogens is 419 g/mol. The van der Waals surface area contributed by atoms with Crippen molar-refractivity contribution in [3.8, 4) is 0 Å². The van der Waals surface area contributed by atoms with Gasteiger partial charge >= 0.3 is 5.97 Å². The number of aromatic nitrogens is 2. The molecule has 0 aliphatic rings. The average molecular weight is 445 g/mol. The summed E-state index contributed by atoms with van der Waals surface area (Å²) in [7, 11) is 0. The van der Waals surface area contributed by atoms with Crippen LogP contribution in [0.2, 0.25) is 0 Å². The van der Waals surface area contributed by atoms with Gasteiger partial charge in [0, 0.05) is 34.6 Å². The number of esters is 1. The van der Waals surface area contributed by atoms with Gasteiger partial charge in [-0.3, -0.25) is 9.78 Å². The molecule has 0 unspecified atom stereocenters. The van der Waals surface area contributed by atoms with Crippen LogP contribution >= 0.6 is 0 Å². The summed E-state index contributed by atoms with van der Waals surface area (Å²) in [5.74, 6) is -1.06. The number of Topliss-reactive ketones (excluding diaryl/α,β-unsaturated/α-hetero) is 1. The van der Waals surface area contributed by atoms with Gasteiger partial charge in [0.05, 0.1) is 11.1 Å². The summed E-state index contributed by atoms with van der Waals surface area (Å²) < 4.78 is 20.6. The Balaban J connectivity index is 1.45. The summed E-state index contributed by atoms with van der Waals surface area (Å²) in [6.45, 7) is 5.96. The van der Waals surface area contributed by atoms with E-state index in [4.69, 9.17) is 4.74 Å². The van der Waals surface area contributed by atoms with Gasteiger partial charge in [0.2, 0.25) is 5.78 Å². The summed E-state index contributed by atoms with van der Waals surface area (Å²) in [4.78, 5) is 30.1. The predicted octanol–water partition coefficient (Wildman–Crippen LogP) is 5.38. The summed E-state index contributed by atoms with van der Waals surface area (Å²) in [6.07, 6.45) is 0.716. The maximum Gasteiger partial charge on any atom is 0.339 e. The Morgan fingerprint density at radius 3 is 2.45 bits per heavy atom. The van der Waals surface area contributed by atoms with Gasteiger partial charge < -0.3 is 9.30 Å². The molecule has 0 amide bonds. The minimum absolute atomic E-state index is 0.250. The first-order valence-electron chi connectivity index (χ1n) is 10.8. The number of carbonyl (C=O) groups excluding carboxylic acids is 2. The van der Waals surface area contributed by atoms with Crippen molar-refractivity contribution in [2.75, 3.05) is 6.61 Å². The lowest BCUT2D eigenvalue weighted by Gasteiger charge is -2.10. The topological polar surface area (TPSA) is 61.2 Å². The maximum atomic E-state index is 13.1. The van der Waals surface area contributed by atoms with E-state index in [0.29, 0.717) is 40.7 Å². The van der Waals surface area contributed by atoms with Gasteiger partial charge in [-0.05, 0) is 63.1 Å². The van der Waals surface area contributed by atoms with E-state index in [1.807, 2.05) is 51.1 Å². The van der Waals surface area contributed by atoms with E-state index in [0.717, 1.165) is 17.0 Å². The van der Waals surface area contributed by atoms with Gasteiger partial charge in [-0.25, -0.2) is 9.18 Å². The lowest BCUT2D eigenvalue weighted by atomic mass is 10.1. The molecule has 2 aromatic carbocycles. The zero-order valence-electron chi connectivity index (χ0n) is 18.9. The second-order valence-electron chi connectivity index (χ2n) is 8.14. The highest BCUT2D eigenvalue weighted by molar-refractivity contribution is 6.05. The lowest BCUT2D eigenvalue weighted by Crippen LogP contribution is -2.16. The summed E-state index contributed by atoms with van der Waals surface area (Å²) >= 11 is 0. The van der Waals surface area contributed by atoms with E-state index in [9.17, 15) is 14.0 Å². The summed E-state index contributed by atoms with van der Waals surface area (Å²) in [6, 6.07) is 17.3. The van der Waals surface area contributed by atoms with Crippen molar-refractivity contribution in [1.29, 1.82) is 0 Å². The first-order chi connectivity index (χ1) is 15.8. The number of nitrogens with zero attached hydrogens (tertiary/aromatic N) is 2. The second kappa shape index (κ2) is 9.36. The molecule has 6 heteroatoms. The van der Waals surface area contributed by atoms with Crippen LogP contribution in [-0.2, 0) is 17.7 Å². The fraction of sp³-hybridized carbons (Fsp3) is 0.222. The highest BCUT2D eigenvalue weighted by atomic mass is 19.1. The third-order valence-electron chi connectivity index (χ3n) is 5.81. The van der Waals surface area contributed by atoms with Crippen LogP contribution < -0.4 is 0 Å². The van der Waals surface area contributed by atoms with Gasteiger partial charge in [-0.15, -0.1) is 0 Å². The van der Waals surface area contributed by atoms with Crippen LogP contribution in [0.15, 0.2) is 60.7 Å². The minimum Gasteiger partial charge on any atom is -0.454 e. The number of rotatable bonds is 7. The quantitative estimate of drug-likeness (QED) is 0.284. The molecule has 0 aliphatic heterocycles. The fourth-order valence-corrected chi connectivity index (χ4v) is 4.08. The van der Waals surface area contributed by atoms with Crippen molar-refractivity contribution in [1.82, 2.24) is 9.55 Å². The van der Waals surface area contributed by atoms with E-state index in [1.165, 1.54) is 12.1 Å². The van der Waals surface area contributed by atoms with Gasteiger partial charge in [-0.2, -0.15) is 0 Å². The third kappa shape index (κ3) is 4.85. The van der Waals surface area contributed by atoms with Crippen LogP contribution in [0, 0.1) is 26.6 Å². The number of aryl methyl sites for hydroxylation is 3. The van der Waals surface area contributed by atoms with Crippen LogP contribution in [0.25, 0.3) is 10.9 Å². The Labute approximate surface area is 191 Å². The molecule has 0 spiro atoms. The number of para-hydroxylation sites is 1. The van der Waals surface area contributed by atoms with E-state index in [2.05, 4.69) is 9.55 Å². The monoisotopic (exact) mass is 444 g/mol. The minimum atomic E-state index is -0.546. The highest BCUT2D eigenvalue weighted by Crippen LogP contribution is 2.20. The van der Waals surface area contributed by atoms with Crippen LogP contribution in [-0.4, -0.2) is 27.9 Å². The Morgan fingerprint density at radius 2 is 1.70 bits per heavy atom. The van der Waals surface area contributed by atoms with Crippen LogP contribution in [0.3, 0.4) is 0 Å². The molecule has 33 heavy (non-hydrogen) atoms. The molecule has 0 N–H and O–H groups in total. The number of hydrogen-bond donors (Lipinski definition) is 0. The molecule has 5 nitrogen and oxygen atoms in total. The molecule has 0 bridgehead atoms. The second-order valence-corrected chi connectivity index (χ2v) is 8.14. The molecular formula is C27H25FN2O3. The summed E-state index contributed by atoms with van der Waals surface area (Å²) in [5.41, 5.74) is 5.13. The number of benzene rings is 2. The highest BCUT2D eigenvalue weighted by Gasteiger charge is 2.19. The van der Waals surface area contributed by atoms with E-state index >= 15 is 0 Å². The van der Waals surface area contributed by atoms with Crippen molar-refractivity contribution in [3.63, 3.8) is 0 Å². The Kier molecular flexibility index (Phi) is 6.36. The molecule has 0 atom stereocenters. The van der Waals surface area contributed by atoms with Crippen molar-refractivity contribution < 1.29 is 18.7 Å². The van der Waals surface area contributed by atoms with Crippen molar-refractivity contribution in [2.45, 2.75) is 33.7 Å². The molecule has 0 aliphatic carbocycles. The van der Waals surface area contributed by atoms with Gasteiger partial charge in [-0.1, -0.05) is 30.3 Å². The maximum absolute atomic E-state index is 13.1. The van der Waals surface area contributed by atoms with Gasteiger partial charge in [0.1, 0.15) is 5.82 Å². The number of carbonyl (C=O) groups is 2. The SMILES string of the molecule is Cc1cc(C(=O)OCC(=O)c2cc(C)n(CCc3ccc(F)cc3)c2C)c2ccccc2n1. The Hall–Kier alpha value is -3.80. The van der Waals surface area contributed by atoms with Gasteiger partial charge in [0.15, 0.2) is 6.61 Å². The molecule has 0 fully saturated rings. The fourth-order valence-electron chi connectivity index (χ4n) is 4.08. The number of ether oxygens (including phenoxy) is 1. The zero-order chi connectivity index (χ0) is 23.5. The van der Waals surface area contributed by atoms with Crippen molar-refractivity contribution in [2.24, 2.45) is 0 Å². The van der Waals surface area contributed by atoms with E-state index in [-0.39, 0.29) is 18.2 Å². The predicted molar refractivity (Wildman–Crippen MR) is 125 cm³/mol. The van der Waals surface area contributed by atoms with Crippen LogP contribution in [0.5, 0.6) is 0 Å². The number of hydrogen-bond acceptors (Lipinski definition) is 4. The third-order valence-corrected chi connectivity index (χ3v) is 5.81. The van der Waals surface area contributed by atoms with E-state index < -0.39 is 5.97 Å². The first kappa shape index (κ1) is 22.4. The Bertz CT molecular complexity index is 1340. The number of pyridine rings is 1. The van der Waals surface area contributed by atoms with Crippen molar-refractivity contribution >= 4 is 22.7 Å². The summed E-state index contributed by atoms with van der Waals surface area (Å²) in [5, 5.41) is 0.694. The van der Waals surface area contributed by atoms with Gasteiger partial charge in [0.25, 0.3) is 0 Å². The molecule has 168 valence electrons. The van der Waals surface area contributed by atoms with Crippen LogP contribution in [0.4, 0.5) is 4.39 Å². The number of ketones is 1. The molecule has 0 saturated heterocycles. The lowest BCUT2D eigenvalue weighted by molar-refractivity contribution is 0.0476. The standard InChI is InChI=1S/C27H25FN2O3/c1-17-14-24(22-6-4-5-7-25(22)29-17)27(32)33-16-26(31)23-15-18(2)30(19(23)3)13-12-20-8-10-21(28)11-9-20/h4-11,14-15H,12-13,16H2,1-3H3. The molecule has 2 aromatic heterocycles. The first-order valence-corrected chi connectivity index (χ1v) is 10.8. The largest absolute Gasteiger partial charge is 0.454 e. The Morgan fingerprint density at radius 1 is 0.970 bits per heavy atom. The average Bonchev–Trinajstić information content (AvgIpc) is 3.09. The zero-order valence-corrected chi connectivity index (χ0v) is 18.9. The molecule has 0 saturated carbocycles. The number of halogens is 1. The van der Waals surface area contributed by atoms with E-state index in [1.54, 1.807) is 18.2 Å². The normalized spacial score (nSPS) is 11.0. The molecule has 0 radical (unpaired) electrons. The molecule has 2 heterocycles. The van der Waals surface area contributed by atoms with Crippen molar-refractivity contribution in [3.05, 3.63) is 100 Å². The smallest absolute Gasteiger partial charge is 0.339 e. The molecule has 4 aromatic rings. The number of fused-ring (bicyclic) bond motifs is 1.